The van der Waals surface area contributed by atoms with Gasteiger partial charge in [0.1, 0.15) is 5.82 Å². The third kappa shape index (κ3) is 4.26. The molecular weight excluding hydrogens is 394 g/mol. The molecule has 4 aromatic rings. The van der Waals surface area contributed by atoms with Crippen LogP contribution in [0, 0.1) is 13.8 Å². The number of rotatable bonds is 7. The Morgan fingerprint density at radius 3 is 2.63 bits per heavy atom. The molecule has 2 aromatic heterocycles. The number of carbonyl (C=O) groups is 1. The highest BCUT2D eigenvalue weighted by molar-refractivity contribution is 8.00. The fraction of sp³-hybridized carbons (Fsp3) is 0.261. The average molecular weight is 420 g/mol. The Balaban J connectivity index is 1.34. The highest BCUT2D eigenvalue weighted by Crippen LogP contribution is 2.27. The second-order valence-electron chi connectivity index (χ2n) is 7.27. The highest BCUT2D eigenvalue weighted by atomic mass is 32.2. The van der Waals surface area contributed by atoms with Crippen LogP contribution >= 0.6 is 11.8 Å². The number of para-hydroxylation sites is 3. The SMILES string of the molecule is Cc1nn(-c2ccccc2)c(C)c1CNC(=O)CSC(C)c1nc2ccccc2[nH]1. The van der Waals surface area contributed by atoms with Crippen molar-refractivity contribution in [3.8, 4) is 5.69 Å². The molecule has 2 aromatic carbocycles. The number of hydrogen-bond donors (Lipinski definition) is 2. The molecule has 0 fully saturated rings. The van der Waals surface area contributed by atoms with Gasteiger partial charge in [0, 0.05) is 17.8 Å². The van der Waals surface area contributed by atoms with Crippen LogP contribution in [0.5, 0.6) is 0 Å². The van der Waals surface area contributed by atoms with E-state index in [2.05, 4.69) is 27.3 Å². The summed E-state index contributed by atoms with van der Waals surface area (Å²) in [7, 11) is 0. The van der Waals surface area contributed by atoms with Gasteiger partial charge in [-0.25, -0.2) is 9.67 Å². The van der Waals surface area contributed by atoms with E-state index in [0.29, 0.717) is 12.3 Å². The van der Waals surface area contributed by atoms with E-state index in [-0.39, 0.29) is 11.2 Å². The number of aromatic nitrogens is 4. The van der Waals surface area contributed by atoms with Gasteiger partial charge in [-0.15, -0.1) is 11.8 Å². The third-order valence-electron chi connectivity index (χ3n) is 5.16. The predicted octanol–water partition coefficient (Wildman–Crippen LogP) is 4.48. The summed E-state index contributed by atoms with van der Waals surface area (Å²) in [5, 5.41) is 7.78. The topological polar surface area (TPSA) is 75.6 Å². The monoisotopic (exact) mass is 419 g/mol. The predicted molar refractivity (Wildman–Crippen MR) is 122 cm³/mol. The normalized spacial score (nSPS) is 12.2. The zero-order valence-electron chi connectivity index (χ0n) is 17.3. The van der Waals surface area contributed by atoms with Gasteiger partial charge in [-0.05, 0) is 45.0 Å². The number of amides is 1. The van der Waals surface area contributed by atoms with Gasteiger partial charge in [0.25, 0.3) is 0 Å². The van der Waals surface area contributed by atoms with Crippen LogP contribution < -0.4 is 5.32 Å². The van der Waals surface area contributed by atoms with Crippen LogP contribution in [0.2, 0.25) is 0 Å². The van der Waals surface area contributed by atoms with Crippen LogP contribution in [0.1, 0.15) is 34.9 Å². The number of H-pyrrole nitrogens is 1. The van der Waals surface area contributed by atoms with Crippen LogP contribution in [-0.4, -0.2) is 31.4 Å². The Bertz CT molecular complexity index is 1130. The lowest BCUT2D eigenvalue weighted by molar-refractivity contribution is -0.118. The van der Waals surface area contributed by atoms with Gasteiger partial charge in [-0.3, -0.25) is 4.79 Å². The standard InChI is InChI=1S/C23H25N5OS/c1-15-19(16(2)28(27-15)18-9-5-4-6-10-18)13-24-22(29)14-30-17(3)23-25-20-11-7-8-12-21(20)26-23/h4-12,17H,13-14H2,1-3H3,(H,24,29)(H,25,26). The van der Waals surface area contributed by atoms with Crippen molar-refractivity contribution in [2.24, 2.45) is 0 Å². The third-order valence-corrected chi connectivity index (χ3v) is 6.31. The molecule has 6 nitrogen and oxygen atoms in total. The van der Waals surface area contributed by atoms with E-state index in [1.54, 1.807) is 11.8 Å². The molecule has 1 amide bonds. The smallest absolute Gasteiger partial charge is 0.230 e. The van der Waals surface area contributed by atoms with Gasteiger partial charge in [0.15, 0.2) is 0 Å². The number of aryl methyl sites for hydroxylation is 1. The maximum atomic E-state index is 12.4. The van der Waals surface area contributed by atoms with E-state index in [1.807, 2.05) is 73.1 Å². The number of imidazole rings is 1. The van der Waals surface area contributed by atoms with E-state index in [4.69, 9.17) is 0 Å². The first-order valence-electron chi connectivity index (χ1n) is 9.96. The van der Waals surface area contributed by atoms with Gasteiger partial charge < -0.3 is 10.3 Å². The largest absolute Gasteiger partial charge is 0.351 e. The summed E-state index contributed by atoms with van der Waals surface area (Å²) in [6.07, 6.45) is 0. The minimum atomic E-state index is 0.00854. The zero-order valence-corrected chi connectivity index (χ0v) is 18.2. The van der Waals surface area contributed by atoms with Gasteiger partial charge in [-0.2, -0.15) is 5.10 Å². The number of hydrogen-bond acceptors (Lipinski definition) is 4. The Morgan fingerprint density at radius 1 is 1.13 bits per heavy atom. The molecular formula is C23H25N5OS. The van der Waals surface area contributed by atoms with Crippen molar-refractivity contribution in [1.29, 1.82) is 0 Å². The van der Waals surface area contributed by atoms with Crippen molar-refractivity contribution < 1.29 is 4.79 Å². The lowest BCUT2D eigenvalue weighted by Crippen LogP contribution is -2.25. The molecule has 1 atom stereocenters. The van der Waals surface area contributed by atoms with Crippen LogP contribution in [0.25, 0.3) is 16.7 Å². The van der Waals surface area contributed by atoms with Crippen LogP contribution in [0.3, 0.4) is 0 Å². The molecule has 0 spiro atoms. The Hall–Kier alpha value is -3.06. The fourth-order valence-electron chi connectivity index (χ4n) is 3.43. The van der Waals surface area contributed by atoms with E-state index in [1.165, 1.54) is 0 Å². The summed E-state index contributed by atoms with van der Waals surface area (Å²) in [5.74, 6) is 1.28. The number of aromatic amines is 1. The Kier molecular flexibility index (Phi) is 5.90. The number of fused-ring (bicyclic) bond motifs is 1. The first-order chi connectivity index (χ1) is 14.5. The van der Waals surface area contributed by atoms with Crippen LogP contribution in [-0.2, 0) is 11.3 Å². The summed E-state index contributed by atoms with van der Waals surface area (Å²) in [4.78, 5) is 20.4. The van der Waals surface area contributed by atoms with Crippen molar-refractivity contribution in [1.82, 2.24) is 25.1 Å². The molecule has 0 aliphatic carbocycles. The molecule has 2 N–H and O–H groups in total. The van der Waals surface area contributed by atoms with Crippen molar-refractivity contribution in [3.05, 3.63) is 77.4 Å². The molecule has 0 bridgehead atoms. The van der Waals surface area contributed by atoms with Crippen LogP contribution in [0.15, 0.2) is 54.6 Å². The molecule has 0 aliphatic rings. The summed E-state index contributed by atoms with van der Waals surface area (Å²) in [6.45, 7) is 6.55. The molecule has 0 saturated carbocycles. The minimum Gasteiger partial charge on any atom is -0.351 e. The van der Waals surface area contributed by atoms with Gasteiger partial charge >= 0.3 is 0 Å². The van der Waals surface area contributed by atoms with E-state index in [0.717, 1.165) is 39.5 Å². The van der Waals surface area contributed by atoms with Crippen LogP contribution in [0.4, 0.5) is 0 Å². The molecule has 2 heterocycles. The average Bonchev–Trinajstić information content (AvgIpc) is 3.32. The summed E-state index contributed by atoms with van der Waals surface area (Å²) < 4.78 is 1.93. The number of thioether (sulfide) groups is 1. The van der Waals surface area contributed by atoms with E-state index in [9.17, 15) is 4.79 Å². The number of nitrogens with zero attached hydrogens (tertiary/aromatic N) is 3. The van der Waals surface area contributed by atoms with Crippen molar-refractivity contribution in [2.45, 2.75) is 32.6 Å². The zero-order chi connectivity index (χ0) is 21.1. The molecule has 7 heteroatoms. The second-order valence-corrected chi connectivity index (χ2v) is 8.59. The number of benzene rings is 2. The highest BCUT2D eigenvalue weighted by Gasteiger charge is 2.16. The summed E-state index contributed by atoms with van der Waals surface area (Å²) in [6, 6.07) is 18.0. The van der Waals surface area contributed by atoms with E-state index < -0.39 is 0 Å². The molecule has 1 unspecified atom stereocenters. The maximum Gasteiger partial charge on any atom is 0.230 e. The maximum absolute atomic E-state index is 12.4. The molecule has 30 heavy (non-hydrogen) atoms. The molecule has 0 radical (unpaired) electrons. The first kappa shape index (κ1) is 20.2. The summed E-state index contributed by atoms with van der Waals surface area (Å²) in [5.41, 5.74) is 6.02. The fourth-order valence-corrected chi connectivity index (χ4v) is 4.21. The minimum absolute atomic E-state index is 0.00854. The lowest BCUT2D eigenvalue weighted by Gasteiger charge is -2.10. The van der Waals surface area contributed by atoms with E-state index >= 15 is 0 Å². The summed E-state index contributed by atoms with van der Waals surface area (Å²) >= 11 is 1.57. The quantitative estimate of drug-likeness (QED) is 0.463. The van der Waals surface area contributed by atoms with Crippen molar-refractivity contribution in [3.63, 3.8) is 0 Å². The second kappa shape index (κ2) is 8.75. The number of carbonyl (C=O) groups excluding carboxylic acids is 1. The molecule has 0 aliphatic heterocycles. The van der Waals surface area contributed by atoms with Gasteiger partial charge in [-0.1, -0.05) is 30.3 Å². The Morgan fingerprint density at radius 2 is 1.87 bits per heavy atom. The van der Waals surface area contributed by atoms with Crippen molar-refractivity contribution >= 4 is 28.7 Å². The van der Waals surface area contributed by atoms with Crippen molar-refractivity contribution in [2.75, 3.05) is 5.75 Å². The Labute approximate surface area is 180 Å². The molecule has 154 valence electrons. The van der Waals surface area contributed by atoms with Gasteiger partial charge in [0.05, 0.1) is 33.4 Å². The van der Waals surface area contributed by atoms with Gasteiger partial charge in [0.2, 0.25) is 5.91 Å². The number of nitrogens with one attached hydrogen (secondary N) is 2. The first-order valence-corrected chi connectivity index (χ1v) is 11.0. The molecule has 4 rings (SSSR count). The molecule has 0 saturated heterocycles. The lowest BCUT2D eigenvalue weighted by atomic mass is 10.2.